The van der Waals surface area contributed by atoms with Crippen LogP contribution >= 0.6 is 23.2 Å². The summed E-state index contributed by atoms with van der Waals surface area (Å²) in [5.74, 6) is 0. The maximum atomic E-state index is 6.24. The van der Waals surface area contributed by atoms with E-state index < -0.39 is 0 Å². The van der Waals surface area contributed by atoms with Gasteiger partial charge < -0.3 is 10.1 Å². The van der Waals surface area contributed by atoms with Crippen LogP contribution < -0.4 is 5.73 Å². The molecule has 0 unspecified atom stereocenters. The lowest BCUT2D eigenvalue weighted by Crippen LogP contribution is -2.06. The minimum absolute atomic E-state index is 0.539. The number of rotatable bonds is 3. The average molecular weight is 306 g/mol. The molecule has 2 N–H and O–H groups in total. The Labute approximate surface area is 127 Å². The van der Waals surface area contributed by atoms with Gasteiger partial charge in [0.05, 0.1) is 21.4 Å². The number of pyridine rings is 1. The molecule has 3 nitrogen and oxygen atoms in total. The van der Waals surface area contributed by atoms with Crippen molar-refractivity contribution in [2.75, 3.05) is 6.54 Å². The standard InChI is InChI=1S/C15H13Cl2N3/c16-11-8-12(17)15-19-14(10-4-2-1-3-5-10)13(6-7-18)20(15)9-11/h1-5,8-9H,6-7,18H2. The fourth-order valence-corrected chi connectivity index (χ4v) is 2.84. The van der Waals surface area contributed by atoms with E-state index >= 15 is 0 Å². The zero-order valence-electron chi connectivity index (χ0n) is 10.7. The number of hydrogen-bond acceptors (Lipinski definition) is 2. The smallest absolute Gasteiger partial charge is 0.156 e. The van der Waals surface area contributed by atoms with Crippen molar-refractivity contribution in [3.63, 3.8) is 0 Å². The predicted molar refractivity (Wildman–Crippen MR) is 83.4 cm³/mol. The van der Waals surface area contributed by atoms with Crippen molar-refractivity contribution in [1.29, 1.82) is 0 Å². The van der Waals surface area contributed by atoms with Crippen LogP contribution in [-0.2, 0) is 6.42 Å². The molecule has 0 amide bonds. The zero-order chi connectivity index (χ0) is 14.1. The lowest BCUT2D eigenvalue weighted by Gasteiger charge is -2.04. The topological polar surface area (TPSA) is 43.3 Å². The van der Waals surface area contributed by atoms with E-state index in [1.807, 2.05) is 40.9 Å². The van der Waals surface area contributed by atoms with Gasteiger partial charge in [-0.3, -0.25) is 0 Å². The lowest BCUT2D eigenvalue weighted by atomic mass is 10.1. The third-order valence-corrected chi connectivity index (χ3v) is 3.65. The van der Waals surface area contributed by atoms with Crippen LogP contribution in [-0.4, -0.2) is 15.9 Å². The van der Waals surface area contributed by atoms with Crippen LogP contribution in [0.3, 0.4) is 0 Å². The summed E-state index contributed by atoms with van der Waals surface area (Å²) in [5.41, 5.74) is 9.41. The number of hydrogen-bond donors (Lipinski definition) is 1. The third kappa shape index (κ3) is 2.29. The molecule has 0 atom stereocenters. The first-order chi connectivity index (χ1) is 9.70. The van der Waals surface area contributed by atoms with E-state index in [1.54, 1.807) is 6.07 Å². The number of nitrogens with two attached hydrogens (primary N) is 1. The van der Waals surface area contributed by atoms with Crippen molar-refractivity contribution >= 4 is 28.8 Å². The summed E-state index contributed by atoms with van der Waals surface area (Å²) in [6, 6.07) is 11.7. The second kappa shape index (κ2) is 5.44. The highest BCUT2D eigenvalue weighted by atomic mass is 35.5. The molecule has 2 heterocycles. The van der Waals surface area contributed by atoms with Gasteiger partial charge in [0.15, 0.2) is 5.65 Å². The number of benzene rings is 1. The van der Waals surface area contributed by atoms with Crippen molar-refractivity contribution in [2.45, 2.75) is 6.42 Å². The number of fused-ring (bicyclic) bond motifs is 1. The summed E-state index contributed by atoms with van der Waals surface area (Å²) >= 11 is 12.3. The number of nitrogens with zero attached hydrogens (tertiary/aromatic N) is 2. The zero-order valence-corrected chi connectivity index (χ0v) is 12.2. The Morgan fingerprint density at radius 2 is 1.90 bits per heavy atom. The Hall–Kier alpha value is -1.55. The van der Waals surface area contributed by atoms with E-state index in [2.05, 4.69) is 4.98 Å². The van der Waals surface area contributed by atoms with E-state index in [1.165, 1.54) is 0 Å². The van der Waals surface area contributed by atoms with Crippen molar-refractivity contribution in [1.82, 2.24) is 9.38 Å². The van der Waals surface area contributed by atoms with Gasteiger partial charge in [-0.25, -0.2) is 4.98 Å². The van der Waals surface area contributed by atoms with Gasteiger partial charge in [-0.1, -0.05) is 53.5 Å². The monoisotopic (exact) mass is 305 g/mol. The van der Waals surface area contributed by atoms with Crippen molar-refractivity contribution in [3.05, 3.63) is 58.3 Å². The van der Waals surface area contributed by atoms with E-state index in [-0.39, 0.29) is 0 Å². The van der Waals surface area contributed by atoms with Gasteiger partial charge in [-0.2, -0.15) is 0 Å². The molecule has 0 aliphatic carbocycles. The van der Waals surface area contributed by atoms with Crippen LogP contribution in [0.5, 0.6) is 0 Å². The Balaban J connectivity index is 2.32. The summed E-state index contributed by atoms with van der Waals surface area (Å²) in [7, 11) is 0. The molecule has 3 aromatic rings. The second-order valence-corrected chi connectivity index (χ2v) is 5.36. The first-order valence-corrected chi connectivity index (χ1v) is 7.08. The van der Waals surface area contributed by atoms with Crippen LogP contribution in [0.15, 0.2) is 42.6 Å². The van der Waals surface area contributed by atoms with Crippen molar-refractivity contribution in [2.24, 2.45) is 5.73 Å². The molecule has 0 spiro atoms. The van der Waals surface area contributed by atoms with Gasteiger partial charge in [0.1, 0.15) is 0 Å². The second-order valence-electron chi connectivity index (χ2n) is 4.51. The van der Waals surface area contributed by atoms with Crippen LogP contribution in [0.2, 0.25) is 10.0 Å². The quantitative estimate of drug-likeness (QED) is 0.799. The average Bonchev–Trinajstić information content (AvgIpc) is 2.80. The van der Waals surface area contributed by atoms with Crippen LogP contribution in [0.1, 0.15) is 5.69 Å². The molecule has 20 heavy (non-hydrogen) atoms. The number of aromatic nitrogens is 2. The molecule has 102 valence electrons. The van der Waals surface area contributed by atoms with E-state index in [4.69, 9.17) is 28.9 Å². The molecule has 2 aromatic heterocycles. The predicted octanol–water partition coefficient (Wildman–Crippen LogP) is 3.81. The number of halogens is 2. The molecule has 1 aromatic carbocycles. The molecule has 0 aliphatic heterocycles. The van der Waals surface area contributed by atoms with Crippen molar-refractivity contribution < 1.29 is 0 Å². The maximum absolute atomic E-state index is 6.24. The highest BCUT2D eigenvalue weighted by molar-refractivity contribution is 6.36. The van der Waals surface area contributed by atoms with E-state index in [0.29, 0.717) is 28.7 Å². The molecule has 0 fully saturated rings. The SMILES string of the molecule is NCCc1c(-c2ccccc2)nc2c(Cl)cc(Cl)cn12. The van der Waals surface area contributed by atoms with Crippen LogP contribution in [0.4, 0.5) is 0 Å². The molecule has 3 rings (SSSR count). The summed E-state index contributed by atoms with van der Waals surface area (Å²) in [6.45, 7) is 0.539. The summed E-state index contributed by atoms with van der Waals surface area (Å²) < 4.78 is 1.93. The van der Waals surface area contributed by atoms with Gasteiger partial charge in [0.25, 0.3) is 0 Å². The first kappa shape index (κ1) is 13.4. The summed E-state index contributed by atoms with van der Waals surface area (Å²) in [5, 5.41) is 1.12. The van der Waals surface area contributed by atoms with Crippen LogP contribution in [0.25, 0.3) is 16.9 Å². The van der Waals surface area contributed by atoms with Gasteiger partial charge >= 0.3 is 0 Å². The van der Waals surface area contributed by atoms with Crippen LogP contribution in [0, 0.1) is 0 Å². The molecular weight excluding hydrogens is 293 g/mol. The molecule has 0 aliphatic rings. The van der Waals surface area contributed by atoms with Gasteiger partial charge in [-0.15, -0.1) is 0 Å². The first-order valence-electron chi connectivity index (χ1n) is 6.32. The fraction of sp³-hybridized carbons (Fsp3) is 0.133. The van der Waals surface area contributed by atoms with Gasteiger partial charge in [0, 0.05) is 18.2 Å². The number of imidazole rings is 1. The maximum Gasteiger partial charge on any atom is 0.156 e. The molecule has 0 saturated heterocycles. The molecule has 0 radical (unpaired) electrons. The summed E-state index contributed by atoms with van der Waals surface area (Å²) in [6.07, 6.45) is 2.54. The lowest BCUT2D eigenvalue weighted by molar-refractivity contribution is 0.907. The Morgan fingerprint density at radius 3 is 2.60 bits per heavy atom. The molecule has 0 saturated carbocycles. The highest BCUT2D eigenvalue weighted by Crippen LogP contribution is 2.29. The molecular formula is C15H13Cl2N3. The van der Waals surface area contributed by atoms with E-state index in [0.717, 1.165) is 17.0 Å². The minimum Gasteiger partial charge on any atom is -0.330 e. The van der Waals surface area contributed by atoms with Gasteiger partial charge in [-0.05, 0) is 12.6 Å². The Morgan fingerprint density at radius 1 is 1.15 bits per heavy atom. The Kier molecular flexibility index (Phi) is 3.66. The van der Waals surface area contributed by atoms with Crippen molar-refractivity contribution in [3.8, 4) is 11.3 Å². The fourth-order valence-electron chi connectivity index (χ4n) is 2.32. The molecule has 5 heteroatoms. The Bertz CT molecular complexity index is 751. The third-order valence-electron chi connectivity index (χ3n) is 3.17. The largest absolute Gasteiger partial charge is 0.330 e. The highest BCUT2D eigenvalue weighted by Gasteiger charge is 2.15. The normalized spacial score (nSPS) is 11.2. The minimum atomic E-state index is 0.539. The molecule has 0 bridgehead atoms. The summed E-state index contributed by atoms with van der Waals surface area (Å²) in [4.78, 5) is 4.66. The van der Waals surface area contributed by atoms with E-state index in [9.17, 15) is 0 Å². The van der Waals surface area contributed by atoms with Gasteiger partial charge in [0.2, 0.25) is 0 Å².